The molecule has 0 spiro atoms. The van der Waals surface area contributed by atoms with E-state index in [-0.39, 0.29) is 18.0 Å². The second-order valence-electron chi connectivity index (χ2n) is 4.62. The van der Waals surface area contributed by atoms with Crippen molar-refractivity contribution in [1.29, 1.82) is 0 Å². The van der Waals surface area contributed by atoms with Crippen LogP contribution in [0.3, 0.4) is 0 Å². The largest absolute Gasteiger partial charge is 0.488 e. The van der Waals surface area contributed by atoms with Crippen LogP contribution in [0.25, 0.3) is 0 Å². The molecule has 0 aliphatic carbocycles. The number of carboxylic acids is 1. The molecule has 0 amide bonds. The Hall–Kier alpha value is -2.36. The van der Waals surface area contributed by atoms with E-state index in [4.69, 9.17) is 9.84 Å². The fraction of sp³-hybridized carbons (Fsp3) is 0.188. The minimum atomic E-state index is -1.04. The van der Waals surface area contributed by atoms with Crippen LogP contribution >= 0.6 is 0 Å². The molecule has 2 aromatic carbocycles. The third-order valence-electron chi connectivity index (χ3n) is 3.13. The van der Waals surface area contributed by atoms with Crippen molar-refractivity contribution in [3.05, 3.63) is 64.5 Å². The van der Waals surface area contributed by atoms with Crippen LogP contribution in [0.15, 0.2) is 36.4 Å². The van der Waals surface area contributed by atoms with Crippen LogP contribution in [0.5, 0.6) is 5.75 Å². The topological polar surface area (TPSA) is 46.5 Å². The lowest BCUT2D eigenvalue weighted by atomic mass is 10.1. The molecule has 0 aliphatic heterocycles. The van der Waals surface area contributed by atoms with Crippen LogP contribution in [0.2, 0.25) is 0 Å². The summed E-state index contributed by atoms with van der Waals surface area (Å²) >= 11 is 0. The van der Waals surface area contributed by atoms with Gasteiger partial charge in [-0.1, -0.05) is 18.2 Å². The Morgan fingerprint density at radius 3 is 2.65 bits per heavy atom. The average molecular weight is 274 g/mol. The molecule has 0 aromatic heterocycles. The van der Waals surface area contributed by atoms with Crippen molar-refractivity contribution in [2.24, 2.45) is 0 Å². The van der Waals surface area contributed by atoms with E-state index < -0.39 is 5.97 Å². The molecular weight excluding hydrogens is 259 g/mol. The van der Waals surface area contributed by atoms with Gasteiger partial charge in [0.25, 0.3) is 0 Å². The predicted octanol–water partition coefficient (Wildman–Crippen LogP) is 3.72. The van der Waals surface area contributed by atoms with Crippen LogP contribution in [0.1, 0.15) is 27.0 Å². The number of benzene rings is 2. The van der Waals surface area contributed by atoms with Gasteiger partial charge in [-0.3, -0.25) is 0 Å². The smallest absolute Gasteiger partial charge is 0.339 e. The second-order valence-corrected chi connectivity index (χ2v) is 4.62. The molecule has 0 atom stereocenters. The predicted molar refractivity (Wildman–Crippen MR) is 73.6 cm³/mol. The first-order valence-corrected chi connectivity index (χ1v) is 6.20. The van der Waals surface area contributed by atoms with Gasteiger partial charge < -0.3 is 9.84 Å². The van der Waals surface area contributed by atoms with Crippen molar-refractivity contribution in [3.63, 3.8) is 0 Å². The third kappa shape index (κ3) is 2.96. The molecule has 0 heterocycles. The quantitative estimate of drug-likeness (QED) is 0.924. The van der Waals surface area contributed by atoms with Gasteiger partial charge in [-0.25, -0.2) is 9.18 Å². The Kier molecular flexibility index (Phi) is 4.03. The summed E-state index contributed by atoms with van der Waals surface area (Å²) in [5.74, 6) is -1.05. The van der Waals surface area contributed by atoms with E-state index in [2.05, 4.69) is 0 Å². The van der Waals surface area contributed by atoms with Gasteiger partial charge >= 0.3 is 5.97 Å². The Bertz CT molecular complexity index is 650. The number of halogens is 1. The van der Waals surface area contributed by atoms with E-state index in [1.54, 1.807) is 25.1 Å². The van der Waals surface area contributed by atoms with Crippen LogP contribution in [0, 0.1) is 19.7 Å². The first-order valence-electron chi connectivity index (χ1n) is 6.20. The maximum absolute atomic E-state index is 13.2. The maximum atomic E-state index is 13.2. The van der Waals surface area contributed by atoms with E-state index >= 15 is 0 Å². The molecule has 4 heteroatoms. The van der Waals surface area contributed by atoms with Gasteiger partial charge in [0.15, 0.2) is 0 Å². The number of ether oxygens (including phenoxy) is 1. The summed E-state index contributed by atoms with van der Waals surface area (Å²) in [5.41, 5.74) is 2.44. The molecule has 0 bridgehead atoms. The minimum Gasteiger partial charge on any atom is -0.488 e. The summed E-state index contributed by atoms with van der Waals surface area (Å²) in [5, 5.41) is 9.15. The second kappa shape index (κ2) is 5.74. The molecule has 1 N–H and O–H groups in total. The molecule has 0 radical (unpaired) electrons. The number of carbonyl (C=O) groups is 1. The fourth-order valence-electron chi connectivity index (χ4n) is 1.96. The molecule has 0 saturated carbocycles. The van der Waals surface area contributed by atoms with Gasteiger partial charge in [0.2, 0.25) is 0 Å². The summed E-state index contributed by atoms with van der Waals surface area (Å²) in [6.07, 6.45) is 0. The summed E-state index contributed by atoms with van der Waals surface area (Å²) in [4.78, 5) is 11.2. The van der Waals surface area contributed by atoms with Gasteiger partial charge in [0.1, 0.15) is 23.7 Å². The molecule has 0 unspecified atom stereocenters. The summed E-state index contributed by atoms with van der Waals surface area (Å²) in [7, 11) is 0. The first kappa shape index (κ1) is 14.1. The summed E-state index contributed by atoms with van der Waals surface area (Å²) in [6, 6.07) is 9.38. The van der Waals surface area contributed by atoms with E-state index in [0.29, 0.717) is 11.3 Å². The fourth-order valence-corrected chi connectivity index (χ4v) is 1.96. The monoisotopic (exact) mass is 274 g/mol. The van der Waals surface area contributed by atoms with Gasteiger partial charge in [-0.05, 0) is 48.7 Å². The standard InChI is InChI=1S/C16H15FO3/c1-10-6-7-13(17)8-12(10)9-20-15-11(2)4-3-5-14(15)16(18)19/h3-8H,9H2,1-2H3,(H,18,19). The molecule has 104 valence electrons. The zero-order valence-corrected chi connectivity index (χ0v) is 11.3. The maximum Gasteiger partial charge on any atom is 0.339 e. The Balaban J connectivity index is 2.27. The summed E-state index contributed by atoms with van der Waals surface area (Å²) in [6.45, 7) is 3.77. The third-order valence-corrected chi connectivity index (χ3v) is 3.13. The van der Waals surface area contributed by atoms with E-state index in [1.165, 1.54) is 18.2 Å². The molecule has 2 rings (SSSR count). The van der Waals surface area contributed by atoms with Crippen molar-refractivity contribution < 1.29 is 19.0 Å². The average Bonchev–Trinajstić information content (AvgIpc) is 2.40. The first-order chi connectivity index (χ1) is 9.49. The van der Waals surface area contributed by atoms with Crippen molar-refractivity contribution >= 4 is 5.97 Å². The van der Waals surface area contributed by atoms with Crippen molar-refractivity contribution in [3.8, 4) is 5.75 Å². The van der Waals surface area contributed by atoms with Gasteiger partial charge in [-0.2, -0.15) is 0 Å². The molecule has 2 aromatic rings. The van der Waals surface area contributed by atoms with Crippen molar-refractivity contribution in [2.75, 3.05) is 0 Å². The number of hydrogen-bond donors (Lipinski definition) is 1. The van der Waals surface area contributed by atoms with Crippen LogP contribution in [0.4, 0.5) is 4.39 Å². The van der Waals surface area contributed by atoms with E-state index in [0.717, 1.165) is 11.1 Å². The van der Waals surface area contributed by atoms with Crippen molar-refractivity contribution in [2.45, 2.75) is 20.5 Å². The van der Waals surface area contributed by atoms with Crippen molar-refractivity contribution in [1.82, 2.24) is 0 Å². The van der Waals surface area contributed by atoms with Gasteiger partial charge in [0, 0.05) is 0 Å². The Labute approximate surface area is 116 Å². The zero-order valence-electron chi connectivity index (χ0n) is 11.3. The van der Waals surface area contributed by atoms with E-state index in [1.807, 2.05) is 6.92 Å². The highest BCUT2D eigenvalue weighted by atomic mass is 19.1. The summed E-state index contributed by atoms with van der Waals surface area (Å²) < 4.78 is 18.8. The molecular formula is C16H15FO3. The van der Waals surface area contributed by atoms with Gasteiger partial charge in [-0.15, -0.1) is 0 Å². The molecule has 0 fully saturated rings. The lowest BCUT2D eigenvalue weighted by molar-refractivity contribution is 0.0691. The van der Waals surface area contributed by atoms with Crippen LogP contribution in [-0.4, -0.2) is 11.1 Å². The molecule has 20 heavy (non-hydrogen) atoms. The zero-order chi connectivity index (χ0) is 14.7. The highest BCUT2D eigenvalue weighted by molar-refractivity contribution is 5.91. The molecule has 0 aliphatic rings. The number of aryl methyl sites for hydroxylation is 2. The minimum absolute atomic E-state index is 0.110. The van der Waals surface area contributed by atoms with Crippen LogP contribution < -0.4 is 4.74 Å². The Morgan fingerprint density at radius 2 is 1.95 bits per heavy atom. The number of hydrogen-bond acceptors (Lipinski definition) is 2. The Morgan fingerprint density at radius 1 is 1.20 bits per heavy atom. The SMILES string of the molecule is Cc1ccc(F)cc1COc1c(C)cccc1C(=O)O. The lowest BCUT2D eigenvalue weighted by Crippen LogP contribution is -2.06. The highest BCUT2D eigenvalue weighted by Crippen LogP contribution is 2.25. The van der Waals surface area contributed by atoms with Crippen LogP contribution in [-0.2, 0) is 6.61 Å². The number of para-hydroxylation sites is 1. The van der Waals surface area contributed by atoms with Gasteiger partial charge in [0.05, 0.1) is 0 Å². The molecule has 0 saturated heterocycles. The number of rotatable bonds is 4. The lowest BCUT2D eigenvalue weighted by Gasteiger charge is -2.13. The highest BCUT2D eigenvalue weighted by Gasteiger charge is 2.13. The number of aromatic carboxylic acids is 1. The normalized spacial score (nSPS) is 10.3. The molecule has 3 nitrogen and oxygen atoms in total. The number of carboxylic acid groups (broad SMARTS) is 1. The van der Waals surface area contributed by atoms with E-state index in [9.17, 15) is 9.18 Å².